The molecule has 1 aromatic rings. The van der Waals surface area contributed by atoms with E-state index in [1.54, 1.807) is 6.07 Å². The predicted molar refractivity (Wildman–Crippen MR) is 67.2 cm³/mol. The number of rotatable bonds is 5. The molecule has 90 valence electrons. The summed E-state index contributed by atoms with van der Waals surface area (Å²) in [6.45, 7) is 4.25. The summed E-state index contributed by atoms with van der Waals surface area (Å²) in [5.74, 6) is 0.218. The molecule has 0 saturated heterocycles. The summed E-state index contributed by atoms with van der Waals surface area (Å²) in [4.78, 5) is 0. The van der Waals surface area contributed by atoms with Gasteiger partial charge in [-0.1, -0.05) is 38.3 Å². The number of benzene rings is 1. The van der Waals surface area contributed by atoms with Crippen LogP contribution in [0.25, 0.3) is 0 Å². The van der Waals surface area contributed by atoms with Crippen LogP contribution in [0.1, 0.15) is 32.3 Å². The topological polar surface area (TPSA) is 26.0 Å². The first-order valence-electron chi connectivity index (χ1n) is 5.78. The fraction of sp³-hybridized carbons (Fsp3) is 0.538. The van der Waals surface area contributed by atoms with Crippen LogP contribution >= 0.6 is 11.6 Å². The predicted octanol–water partition coefficient (Wildman–Crippen LogP) is 3.79. The smallest absolute Gasteiger partial charge is 0.123 e. The fourth-order valence-corrected chi connectivity index (χ4v) is 2.21. The molecule has 0 aromatic heterocycles. The van der Waals surface area contributed by atoms with Crippen LogP contribution in [0, 0.1) is 11.7 Å². The van der Waals surface area contributed by atoms with Crippen molar-refractivity contribution in [2.45, 2.75) is 39.2 Å². The maximum atomic E-state index is 13.1. The molecule has 0 amide bonds. The van der Waals surface area contributed by atoms with Gasteiger partial charge >= 0.3 is 0 Å². The molecule has 1 aromatic carbocycles. The highest BCUT2D eigenvalue weighted by Crippen LogP contribution is 2.22. The second-order valence-corrected chi connectivity index (χ2v) is 4.59. The first-order valence-corrected chi connectivity index (χ1v) is 6.15. The Labute approximate surface area is 102 Å². The van der Waals surface area contributed by atoms with Gasteiger partial charge in [0.25, 0.3) is 0 Å². The zero-order valence-corrected chi connectivity index (χ0v) is 10.6. The van der Waals surface area contributed by atoms with Crippen molar-refractivity contribution in [2.75, 3.05) is 0 Å². The zero-order chi connectivity index (χ0) is 12.1. The summed E-state index contributed by atoms with van der Waals surface area (Å²) < 4.78 is 13.1. The van der Waals surface area contributed by atoms with Gasteiger partial charge in [0, 0.05) is 11.1 Å². The molecule has 1 unspecified atom stereocenters. The maximum Gasteiger partial charge on any atom is 0.123 e. The Balaban J connectivity index is 2.75. The monoisotopic (exact) mass is 243 g/mol. The van der Waals surface area contributed by atoms with Crippen LogP contribution in [-0.2, 0) is 6.42 Å². The van der Waals surface area contributed by atoms with Crippen molar-refractivity contribution >= 4 is 11.6 Å². The molecule has 3 heteroatoms. The lowest BCUT2D eigenvalue weighted by molar-refractivity contribution is 0.393. The molecular formula is C13H19ClFN. The molecule has 1 rings (SSSR count). The molecule has 2 N–H and O–H groups in total. The van der Waals surface area contributed by atoms with Crippen LogP contribution in [0.4, 0.5) is 4.39 Å². The van der Waals surface area contributed by atoms with E-state index in [4.69, 9.17) is 17.3 Å². The van der Waals surface area contributed by atoms with Gasteiger partial charge in [-0.3, -0.25) is 0 Å². The van der Waals surface area contributed by atoms with Crippen LogP contribution in [-0.4, -0.2) is 6.04 Å². The summed E-state index contributed by atoms with van der Waals surface area (Å²) in [6, 6.07) is 4.49. The van der Waals surface area contributed by atoms with Gasteiger partial charge in [0.1, 0.15) is 5.82 Å². The van der Waals surface area contributed by atoms with Crippen molar-refractivity contribution in [2.24, 2.45) is 11.7 Å². The van der Waals surface area contributed by atoms with Gasteiger partial charge in [-0.2, -0.15) is 0 Å². The number of halogens is 2. The van der Waals surface area contributed by atoms with E-state index in [0.717, 1.165) is 18.4 Å². The third kappa shape index (κ3) is 3.46. The Morgan fingerprint density at radius 1 is 1.31 bits per heavy atom. The molecule has 16 heavy (non-hydrogen) atoms. The second-order valence-electron chi connectivity index (χ2n) is 4.18. The van der Waals surface area contributed by atoms with Crippen LogP contribution in [0.2, 0.25) is 5.02 Å². The van der Waals surface area contributed by atoms with E-state index in [9.17, 15) is 4.39 Å². The first-order chi connectivity index (χ1) is 7.58. The third-order valence-corrected chi connectivity index (χ3v) is 3.49. The van der Waals surface area contributed by atoms with E-state index >= 15 is 0 Å². The lowest BCUT2D eigenvalue weighted by Crippen LogP contribution is -2.31. The molecule has 1 atom stereocenters. The maximum absolute atomic E-state index is 13.1. The van der Waals surface area contributed by atoms with Crippen LogP contribution in [0.5, 0.6) is 0 Å². The average molecular weight is 244 g/mol. The van der Waals surface area contributed by atoms with Gasteiger partial charge in [0.2, 0.25) is 0 Å². The van der Waals surface area contributed by atoms with Crippen molar-refractivity contribution in [3.05, 3.63) is 34.6 Å². The van der Waals surface area contributed by atoms with E-state index in [1.807, 2.05) is 0 Å². The summed E-state index contributed by atoms with van der Waals surface area (Å²) in [6.07, 6.45) is 2.73. The summed E-state index contributed by atoms with van der Waals surface area (Å²) in [5.41, 5.74) is 6.92. The largest absolute Gasteiger partial charge is 0.327 e. The van der Waals surface area contributed by atoms with Gasteiger partial charge in [0.15, 0.2) is 0 Å². The molecule has 0 aliphatic rings. The van der Waals surface area contributed by atoms with Crippen LogP contribution in [0.3, 0.4) is 0 Å². The lowest BCUT2D eigenvalue weighted by Gasteiger charge is -2.21. The minimum absolute atomic E-state index is 0.0503. The quantitative estimate of drug-likeness (QED) is 0.837. The van der Waals surface area contributed by atoms with E-state index in [-0.39, 0.29) is 11.9 Å². The van der Waals surface area contributed by atoms with Gasteiger partial charge in [-0.25, -0.2) is 4.39 Å². The molecule has 0 aliphatic heterocycles. The minimum atomic E-state index is -0.254. The third-order valence-electron chi connectivity index (χ3n) is 3.12. The highest BCUT2D eigenvalue weighted by molar-refractivity contribution is 6.31. The molecular weight excluding hydrogens is 225 g/mol. The summed E-state index contributed by atoms with van der Waals surface area (Å²) in [5, 5.41) is 0.600. The number of nitrogens with two attached hydrogens (primary N) is 1. The van der Waals surface area contributed by atoms with Crippen molar-refractivity contribution in [1.82, 2.24) is 0 Å². The van der Waals surface area contributed by atoms with Gasteiger partial charge < -0.3 is 5.73 Å². The van der Waals surface area contributed by atoms with Crippen molar-refractivity contribution in [3.63, 3.8) is 0 Å². The summed E-state index contributed by atoms with van der Waals surface area (Å²) >= 11 is 6.01. The molecule has 0 radical (unpaired) electrons. The molecule has 0 fully saturated rings. The molecule has 0 saturated carbocycles. The Morgan fingerprint density at radius 2 is 1.94 bits per heavy atom. The van der Waals surface area contributed by atoms with Crippen LogP contribution < -0.4 is 5.73 Å². The van der Waals surface area contributed by atoms with Crippen molar-refractivity contribution < 1.29 is 4.39 Å². The Bertz CT molecular complexity index is 337. The number of hydrogen-bond donors (Lipinski definition) is 1. The van der Waals surface area contributed by atoms with Gasteiger partial charge in [-0.15, -0.1) is 0 Å². The standard InChI is InChI=1S/C13H19ClFN/c1-3-9(4-2)13(16)8-10-7-11(15)5-6-12(10)14/h5-7,9,13H,3-4,8,16H2,1-2H3. The molecule has 0 spiro atoms. The SMILES string of the molecule is CCC(CC)C(N)Cc1cc(F)ccc1Cl. The molecule has 1 nitrogen and oxygen atoms in total. The zero-order valence-electron chi connectivity index (χ0n) is 9.84. The normalized spacial score (nSPS) is 13.1. The van der Waals surface area contributed by atoms with Crippen LogP contribution in [0.15, 0.2) is 18.2 Å². The lowest BCUT2D eigenvalue weighted by atomic mass is 9.90. The summed E-state index contributed by atoms with van der Waals surface area (Å²) in [7, 11) is 0. The molecule has 0 aliphatic carbocycles. The highest BCUT2D eigenvalue weighted by atomic mass is 35.5. The Hall–Kier alpha value is -0.600. The van der Waals surface area contributed by atoms with Crippen molar-refractivity contribution in [1.29, 1.82) is 0 Å². The number of hydrogen-bond acceptors (Lipinski definition) is 1. The Morgan fingerprint density at radius 3 is 2.50 bits per heavy atom. The highest BCUT2D eigenvalue weighted by Gasteiger charge is 2.16. The van der Waals surface area contributed by atoms with E-state index in [0.29, 0.717) is 17.4 Å². The average Bonchev–Trinajstić information content (AvgIpc) is 2.25. The first kappa shape index (κ1) is 13.5. The van der Waals surface area contributed by atoms with E-state index in [2.05, 4.69) is 13.8 Å². The van der Waals surface area contributed by atoms with Gasteiger partial charge in [-0.05, 0) is 36.1 Å². The molecule has 0 heterocycles. The Kier molecular flexibility index (Phi) is 5.23. The van der Waals surface area contributed by atoms with E-state index in [1.165, 1.54) is 12.1 Å². The van der Waals surface area contributed by atoms with Crippen molar-refractivity contribution in [3.8, 4) is 0 Å². The minimum Gasteiger partial charge on any atom is -0.327 e. The van der Waals surface area contributed by atoms with Gasteiger partial charge in [0.05, 0.1) is 0 Å². The second kappa shape index (κ2) is 6.21. The molecule has 0 bridgehead atoms. The van der Waals surface area contributed by atoms with E-state index < -0.39 is 0 Å². The fourth-order valence-electron chi connectivity index (χ4n) is 2.01.